The van der Waals surface area contributed by atoms with Gasteiger partial charge in [-0.3, -0.25) is 24.2 Å². The summed E-state index contributed by atoms with van der Waals surface area (Å²) in [5.41, 5.74) is 24.3. The minimum absolute atomic E-state index is 0.0415. The van der Waals surface area contributed by atoms with Crippen molar-refractivity contribution in [3.8, 4) is 44.6 Å². The monoisotopic (exact) mass is 1900 g/mol. The number of imidazole rings is 3. The number of methoxy groups -OCH3 is 4. The van der Waals surface area contributed by atoms with Gasteiger partial charge in [-0.2, -0.15) is 0 Å². The summed E-state index contributed by atoms with van der Waals surface area (Å²) >= 11 is 0. The molecule has 8 unspecified atom stereocenters. The molecule has 12 aliphatic rings. The molecule has 21 rings (SSSR count). The van der Waals surface area contributed by atoms with Gasteiger partial charge in [-0.15, -0.1) is 0 Å². The molecule has 6 aliphatic carbocycles. The van der Waals surface area contributed by atoms with Crippen LogP contribution in [0.4, 0.5) is 19.2 Å². The molecular formula is C110H136BN15O14. The lowest BCUT2D eigenvalue weighted by Crippen LogP contribution is -2.57. The first-order chi connectivity index (χ1) is 67.2. The molecule has 738 valence electrons. The Hall–Kier alpha value is -12.2. The summed E-state index contributed by atoms with van der Waals surface area (Å²) in [6.07, 6.45) is 19.2. The summed E-state index contributed by atoms with van der Waals surface area (Å²) in [6.45, 7) is 27.2. The molecule has 3 aromatic heterocycles. The molecule has 8 bridgehead atoms. The number of hydrogen-bond donors (Lipinski definition) is 7. The van der Waals surface area contributed by atoms with E-state index in [1.54, 1.807) is 11.1 Å². The normalized spacial score (nSPS) is 24.8. The highest BCUT2D eigenvalue weighted by molar-refractivity contribution is 6.62. The second-order valence-corrected chi connectivity index (χ2v) is 43.4. The van der Waals surface area contributed by atoms with Gasteiger partial charge in [0.25, 0.3) is 0 Å². The molecule has 140 heavy (non-hydrogen) atoms. The minimum atomic E-state index is -0.684. The van der Waals surface area contributed by atoms with Crippen LogP contribution >= 0.6 is 0 Å². The molecule has 5 saturated heterocycles. The molecule has 7 N–H and O–H groups in total. The number of aliphatic imine (C=N–C) groups is 1. The van der Waals surface area contributed by atoms with Crippen LogP contribution in [0.15, 0.2) is 127 Å². The van der Waals surface area contributed by atoms with E-state index in [-0.39, 0.29) is 94.8 Å². The first-order valence-corrected chi connectivity index (χ1v) is 51.0. The van der Waals surface area contributed by atoms with Crippen molar-refractivity contribution in [2.75, 3.05) is 41.5 Å². The number of ether oxygens (including phenoxy) is 4. The molecule has 16 atom stereocenters. The summed E-state index contributed by atoms with van der Waals surface area (Å²) in [6, 6.07) is 36.5. The maximum Gasteiger partial charge on any atom is 0.494 e. The van der Waals surface area contributed by atoms with E-state index in [0.717, 1.165) is 143 Å². The number of hydrogen-bond acceptors (Lipinski definition) is 18. The fourth-order valence-electron chi connectivity index (χ4n) is 25.3. The number of benzene rings is 6. The molecule has 6 aliphatic heterocycles. The van der Waals surface area contributed by atoms with Gasteiger partial charge in [0, 0.05) is 43.5 Å². The number of nitrogens with zero attached hydrogens (tertiary/aromatic N) is 8. The first-order valence-electron chi connectivity index (χ1n) is 51.0. The molecule has 9 fully saturated rings. The standard InChI is InChI=1S/C52H61N7O6.C30H36N4O3.C28H39BN4O5/c1-27(2)45(56-51(62)64-5)49(60)58-21-7-8-42(58)48-54-39-20-16-31(24-40(39)55-48)38-19-18-37(43-32-13-14-33(22-32)44(38)43)30-11-9-29(10-12-30)35-25-41(53-26-35)47-34-15-17-36(23-34)59(47)50(61)46(28(3)4)57-52(63)65-6;1-16(2)27(33-30(36)37-4)29(35)34-13-5-6-24(34)28-31-22-12-10-18(15-23(22)32-28)21-11-7-17(3)25-19-8-9-20(14-19)26(21)25;1-16(2)22(32-26(35)36-7)25(34)33-20-13-10-18(14-20)23(33)24-30-15-21(31-24)17-8-11-19(12-9-17)29-37-27(3,4)28(5,6)38-29/h9-12,16,18-20,24,26-28,32-34,36,42,45-47H,7-8,13-15,17,21-23,25H2,1-6H3,(H,54,55)(H,56,62)(H,57,63);7,10-12,15-16,19-20,24,27H,5-6,8-9,13-14H2,1-4H3,(H,31,32)(H,33,36);8-9,11-12,15-16,18,20,22-23H,10,13-14H2,1-7H3,(H,30,31)(H,32,35)/t32?,33?,34?,36?,42-,45-,46-,47-;19?,20?,24-,27-;18?,20?,22-,23-/m000/s1. The van der Waals surface area contributed by atoms with Crippen molar-refractivity contribution in [3.05, 3.63) is 172 Å². The Balaban J connectivity index is 0.000000143. The van der Waals surface area contributed by atoms with Crippen molar-refractivity contribution in [2.24, 2.45) is 40.5 Å². The number of carbonyl (C=O) groups excluding carboxylic acids is 8. The van der Waals surface area contributed by atoms with Crippen LogP contribution in [0, 0.1) is 42.4 Å². The van der Waals surface area contributed by atoms with Crippen molar-refractivity contribution in [1.29, 1.82) is 0 Å². The molecular weight excluding hydrogens is 1770 g/mol. The van der Waals surface area contributed by atoms with Crippen LogP contribution < -0.4 is 26.7 Å². The third kappa shape index (κ3) is 18.1. The van der Waals surface area contributed by atoms with E-state index in [2.05, 4.69) is 128 Å². The second-order valence-electron chi connectivity index (χ2n) is 43.4. The maximum absolute atomic E-state index is 14.1. The van der Waals surface area contributed by atoms with Crippen LogP contribution in [0.1, 0.15) is 285 Å². The molecule has 4 saturated carbocycles. The van der Waals surface area contributed by atoms with E-state index in [1.165, 1.54) is 117 Å². The number of fused-ring (bicyclic) bond motifs is 16. The van der Waals surface area contributed by atoms with Crippen molar-refractivity contribution in [3.63, 3.8) is 0 Å². The zero-order valence-electron chi connectivity index (χ0n) is 83.9. The number of rotatable bonds is 22. The summed E-state index contributed by atoms with van der Waals surface area (Å²) in [5.74, 6) is 4.96. The fourth-order valence-corrected chi connectivity index (χ4v) is 25.3. The smallest absolute Gasteiger partial charge is 0.453 e. The highest BCUT2D eigenvalue weighted by atomic mass is 16.7. The minimum Gasteiger partial charge on any atom is -0.453 e. The van der Waals surface area contributed by atoms with Crippen molar-refractivity contribution < 1.29 is 66.6 Å². The first kappa shape index (κ1) is 96.7. The van der Waals surface area contributed by atoms with Gasteiger partial charge in [0.15, 0.2) is 0 Å². The van der Waals surface area contributed by atoms with Crippen LogP contribution in [0.5, 0.6) is 0 Å². The number of carbonyl (C=O) groups is 8. The number of aromatic amines is 3. The molecule has 6 aromatic carbocycles. The predicted octanol–water partition coefficient (Wildman–Crippen LogP) is 19.0. The van der Waals surface area contributed by atoms with Gasteiger partial charge in [0.2, 0.25) is 23.6 Å². The van der Waals surface area contributed by atoms with Gasteiger partial charge in [0.05, 0.1) is 97.8 Å². The Morgan fingerprint density at radius 3 is 1.29 bits per heavy atom. The molecule has 9 heterocycles. The molecule has 8 amide bonds. The van der Waals surface area contributed by atoms with Crippen LogP contribution in [0.3, 0.4) is 0 Å². The number of aryl methyl sites for hydroxylation is 1. The van der Waals surface area contributed by atoms with Crippen molar-refractivity contribution >= 4 is 93.9 Å². The Bertz CT molecular complexity index is 6310. The van der Waals surface area contributed by atoms with E-state index in [9.17, 15) is 38.4 Å². The quantitative estimate of drug-likeness (QED) is 0.0245. The number of amides is 8. The van der Waals surface area contributed by atoms with Gasteiger partial charge in [-0.05, 0) is 304 Å². The molecule has 29 nitrogen and oxygen atoms in total. The van der Waals surface area contributed by atoms with Gasteiger partial charge in [-0.25, -0.2) is 34.1 Å². The lowest BCUT2D eigenvalue weighted by Gasteiger charge is -2.38. The highest BCUT2D eigenvalue weighted by Gasteiger charge is 2.56. The molecule has 0 spiro atoms. The summed E-state index contributed by atoms with van der Waals surface area (Å²) in [7, 11) is 4.85. The van der Waals surface area contributed by atoms with Crippen molar-refractivity contribution in [1.82, 2.24) is 70.8 Å². The van der Waals surface area contributed by atoms with Crippen LogP contribution in [0.25, 0.3) is 72.3 Å². The fraction of sp³-hybridized carbons (Fsp3) is 0.527. The summed E-state index contributed by atoms with van der Waals surface area (Å²) in [5, 5.41) is 11.0. The largest absolute Gasteiger partial charge is 0.494 e. The van der Waals surface area contributed by atoms with E-state index >= 15 is 0 Å². The topological polar surface area (TPSA) is 351 Å². The zero-order valence-corrected chi connectivity index (χ0v) is 83.9. The van der Waals surface area contributed by atoms with Gasteiger partial charge in [0.1, 0.15) is 41.6 Å². The molecule has 30 heteroatoms. The lowest BCUT2D eigenvalue weighted by atomic mass is 9.79. The number of nitrogens with one attached hydrogen (secondary N) is 7. The Morgan fingerprint density at radius 2 is 0.836 bits per heavy atom. The number of likely N-dealkylation sites (tertiary alicyclic amines) is 4. The lowest BCUT2D eigenvalue weighted by molar-refractivity contribution is -0.139. The van der Waals surface area contributed by atoms with Gasteiger partial charge >= 0.3 is 31.5 Å². The van der Waals surface area contributed by atoms with E-state index < -0.39 is 55.7 Å². The summed E-state index contributed by atoms with van der Waals surface area (Å²) in [4.78, 5) is 141. The number of aromatic nitrogens is 6. The van der Waals surface area contributed by atoms with E-state index in [1.807, 2.05) is 139 Å². The molecule has 9 aromatic rings. The third-order valence-corrected chi connectivity index (χ3v) is 33.1. The predicted molar refractivity (Wildman–Crippen MR) is 538 cm³/mol. The van der Waals surface area contributed by atoms with E-state index in [0.29, 0.717) is 49.1 Å². The average Bonchev–Trinajstić information content (AvgIpc) is 1.60. The summed E-state index contributed by atoms with van der Waals surface area (Å²) < 4.78 is 31.6. The third-order valence-electron chi connectivity index (χ3n) is 33.1. The number of alkyl carbamates (subject to hydrolysis) is 4. The van der Waals surface area contributed by atoms with Crippen molar-refractivity contribution in [2.45, 2.75) is 294 Å². The van der Waals surface area contributed by atoms with Gasteiger partial charge in [-0.1, -0.05) is 140 Å². The Kier molecular flexibility index (Phi) is 27.0. The SMILES string of the molecule is COC(=O)N[C@H](C(=O)N1C2CCC(C2)[C@H]1c1ncc(-c2ccc(B3OC(C)(C)C(C)(C)O3)cc2)[nH]1)C(C)C.COC(=O)N[C@H](C(=O)N1CCC[C@H]1c1nc2ccc(-c3ccc(-c4ccc(C5=CN=C([C@@H]6C7CCC(C7)N6C(=O)[C@@H](NC(=O)OC)C(C)C)C5)cc4)c4c3C3CCC4C3)cc2[nH]1)C(C)C.COC(=O)N[C@H](C(=O)N1CCC[C@H]1c1nc2ccc(-c3ccc(C)c4c3C3CCC4C3)cc2[nH]1)C(C)C. The van der Waals surface area contributed by atoms with E-state index in [4.69, 9.17) is 48.2 Å². The Labute approximate surface area is 820 Å². The second kappa shape index (κ2) is 39.0. The average molecular weight is 1900 g/mol. The molecule has 0 radical (unpaired) electrons. The number of allylic oxidation sites excluding steroid dienone is 1. The Morgan fingerprint density at radius 1 is 0.436 bits per heavy atom. The maximum atomic E-state index is 14.1. The van der Waals surface area contributed by atoms with Gasteiger partial charge < -0.3 is 84.1 Å². The van der Waals surface area contributed by atoms with Crippen LogP contribution in [0.2, 0.25) is 0 Å². The number of piperidine rings is 2. The van der Waals surface area contributed by atoms with Crippen LogP contribution in [-0.2, 0) is 47.4 Å². The highest BCUT2D eigenvalue weighted by Crippen LogP contribution is 2.60. The zero-order chi connectivity index (χ0) is 98.5. The van der Waals surface area contributed by atoms with Crippen LogP contribution in [-0.4, -0.2) is 205 Å². The number of H-pyrrole nitrogens is 3.